The number of nitrogens with zero attached hydrogens (tertiary/aromatic N) is 1. The zero-order valence-electron chi connectivity index (χ0n) is 10.2. The first-order valence-corrected chi connectivity index (χ1v) is 7.90. The molecule has 0 radical (unpaired) electrons. The zero-order valence-corrected chi connectivity index (χ0v) is 11.9. The van der Waals surface area contributed by atoms with Crippen LogP contribution in [-0.4, -0.2) is 28.9 Å². The van der Waals surface area contributed by atoms with Crippen LogP contribution in [0.25, 0.3) is 0 Å². The van der Waals surface area contributed by atoms with Crippen LogP contribution in [0.5, 0.6) is 0 Å². The summed E-state index contributed by atoms with van der Waals surface area (Å²) >= 11 is 3.32. The van der Waals surface area contributed by atoms with Gasteiger partial charge < -0.3 is 11.1 Å². The van der Waals surface area contributed by atoms with E-state index < -0.39 is 6.04 Å². The smallest absolute Gasteiger partial charge is 0.237 e. The van der Waals surface area contributed by atoms with E-state index in [2.05, 4.69) is 17.2 Å². The Balaban J connectivity index is 2.32. The van der Waals surface area contributed by atoms with Crippen LogP contribution < -0.4 is 11.1 Å². The molecule has 4 nitrogen and oxygen atoms in total. The summed E-state index contributed by atoms with van der Waals surface area (Å²) in [6, 6.07) is -0.410. The van der Waals surface area contributed by atoms with Crippen molar-refractivity contribution in [1.29, 1.82) is 0 Å². The molecule has 1 amide bonds. The summed E-state index contributed by atoms with van der Waals surface area (Å²) in [6.45, 7) is 2.54. The van der Waals surface area contributed by atoms with Crippen molar-refractivity contribution >= 4 is 29.0 Å². The van der Waals surface area contributed by atoms with Gasteiger partial charge in [-0.15, -0.1) is 11.3 Å². The summed E-state index contributed by atoms with van der Waals surface area (Å²) in [6.07, 6.45) is 3.66. The van der Waals surface area contributed by atoms with E-state index in [0.717, 1.165) is 22.9 Å². The van der Waals surface area contributed by atoms with Gasteiger partial charge in [0.1, 0.15) is 0 Å². The van der Waals surface area contributed by atoms with Crippen LogP contribution in [-0.2, 0) is 17.8 Å². The average Bonchev–Trinajstić information content (AvgIpc) is 2.80. The maximum Gasteiger partial charge on any atom is 0.237 e. The van der Waals surface area contributed by atoms with Gasteiger partial charge in [-0.1, -0.05) is 6.92 Å². The van der Waals surface area contributed by atoms with Crippen LogP contribution >= 0.6 is 23.1 Å². The van der Waals surface area contributed by atoms with Crippen molar-refractivity contribution in [2.24, 2.45) is 5.73 Å². The number of aromatic nitrogens is 1. The van der Waals surface area contributed by atoms with Crippen LogP contribution in [0.2, 0.25) is 0 Å². The molecule has 0 saturated heterocycles. The number of aryl methyl sites for hydroxylation is 1. The third-order valence-electron chi connectivity index (χ3n) is 2.32. The van der Waals surface area contributed by atoms with Gasteiger partial charge in [0.2, 0.25) is 5.91 Å². The summed E-state index contributed by atoms with van der Waals surface area (Å²) < 4.78 is 0. The fourth-order valence-corrected chi connectivity index (χ4v) is 2.51. The first-order chi connectivity index (χ1) is 8.17. The maximum absolute atomic E-state index is 11.6. The van der Waals surface area contributed by atoms with Crippen molar-refractivity contribution in [2.45, 2.75) is 32.4 Å². The highest BCUT2D eigenvalue weighted by Crippen LogP contribution is 2.09. The summed E-state index contributed by atoms with van der Waals surface area (Å²) in [5, 5.41) is 5.89. The summed E-state index contributed by atoms with van der Waals surface area (Å²) in [5.41, 5.74) is 6.67. The van der Waals surface area contributed by atoms with Crippen LogP contribution in [0.15, 0.2) is 5.38 Å². The number of nitrogens with one attached hydrogen (secondary N) is 1. The van der Waals surface area contributed by atoms with E-state index in [9.17, 15) is 4.79 Å². The Hall–Kier alpha value is -0.590. The molecule has 1 heterocycles. The number of thioether (sulfide) groups is 1. The van der Waals surface area contributed by atoms with Crippen LogP contribution in [0.3, 0.4) is 0 Å². The van der Waals surface area contributed by atoms with Crippen LogP contribution in [0.1, 0.15) is 24.0 Å². The van der Waals surface area contributed by atoms with E-state index in [1.165, 1.54) is 0 Å². The molecule has 1 rings (SSSR count). The van der Waals surface area contributed by atoms with E-state index in [-0.39, 0.29) is 5.91 Å². The van der Waals surface area contributed by atoms with E-state index in [1.54, 1.807) is 23.1 Å². The fourth-order valence-electron chi connectivity index (χ4n) is 1.28. The number of thiazole rings is 1. The lowest BCUT2D eigenvalue weighted by molar-refractivity contribution is -0.122. The standard InChI is InChI=1S/C11H19N3OS2/c1-3-10-14-8(7-17-10)6-13-11(15)9(12)4-5-16-2/h7,9H,3-6,12H2,1-2H3,(H,13,15)/t9-/m0/s1. The number of hydrogen-bond donors (Lipinski definition) is 2. The van der Waals surface area contributed by atoms with E-state index in [4.69, 9.17) is 5.73 Å². The molecule has 0 aliphatic carbocycles. The van der Waals surface area contributed by atoms with Gasteiger partial charge in [0, 0.05) is 5.38 Å². The SMILES string of the molecule is CCc1nc(CNC(=O)[C@@H](N)CCSC)cs1. The zero-order chi connectivity index (χ0) is 12.7. The first-order valence-electron chi connectivity index (χ1n) is 5.62. The maximum atomic E-state index is 11.6. The summed E-state index contributed by atoms with van der Waals surface area (Å²) in [5.74, 6) is 0.816. The number of hydrogen-bond acceptors (Lipinski definition) is 5. The van der Waals surface area contributed by atoms with Gasteiger partial charge in [-0.3, -0.25) is 4.79 Å². The topological polar surface area (TPSA) is 68.0 Å². The Morgan fingerprint density at radius 1 is 1.71 bits per heavy atom. The number of amides is 1. The van der Waals surface area contributed by atoms with E-state index in [0.29, 0.717) is 13.0 Å². The highest BCUT2D eigenvalue weighted by Gasteiger charge is 2.12. The van der Waals surface area contributed by atoms with Crippen molar-refractivity contribution in [3.8, 4) is 0 Å². The molecule has 0 aliphatic rings. The van der Waals surface area contributed by atoms with Crippen molar-refractivity contribution in [3.05, 3.63) is 16.1 Å². The molecule has 0 aromatic carbocycles. The predicted octanol–water partition coefficient (Wildman–Crippen LogP) is 1.40. The van der Waals surface area contributed by atoms with Crippen LogP contribution in [0.4, 0.5) is 0 Å². The minimum absolute atomic E-state index is 0.0925. The number of rotatable bonds is 7. The van der Waals surface area contributed by atoms with Gasteiger partial charge >= 0.3 is 0 Å². The monoisotopic (exact) mass is 273 g/mol. The van der Waals surface area contributed by atoms with Crippen molar-refractivity contribution in [1.82, 2.24) is 10.3 Å². The van der Waals surface area contributed by atoms with E-state index >= 15 is 0 Å². The number of carbonyl (C=O) groups excluding carboxylic acids is 1. The van der Waals surface area contributed by atoms with Gasteiger partial charge in [-0.2, -0.15) is 11.8 Å². The quantitative estimate of drug-likeness (QED) is 0.788. The number of nitrogens with two attached hydrogens (primary N) is 1. The Morgan fingerprint density at radius 3 is 3.06 bits per heavy atom. The second-order valence-electron chi connectivity index (χ2n) is 3.69. The number of carbonyl (C=O) groups is 1. The minimum Gasteiger partial charge on any atom is -0.349 e. The Labute approximate surface area is 110 Å². The molecule has 0 fully saturated rings. The van der Waals surface area contributed by atoms with Gasteiger partial charge in [-0.05, 0) is 24.9 Å². The third-order valence-corrected chi connectivity index (χ3v) is 4.00. The average molecular weight is 273 g/mol. The minimum atomic E-state index is -0.410. The molecule has 3 N–H and O–H groups in total. The lowest BCUT2D eigenvalue weighted by Crippen LogP contribution is -2.40. The molecule has 6 heteroatoms. The molecular weight excluding hydrogens is 254 g/mol. The molecular formula is C11H19N3OS2. The van der Waals surface area contributed by atoms with Gasteiger partial charge in [0.15, 0.2) is 0 Å². The largest absolute Gasteiger partial charge is 0.349 e. The lowest BCUT2D eigenvalue weighted by atomic mass is 10.2. The second kappa shape index (κ2) is 7.68. The third kappa shape index (κ3) is 5.06. The molecule has 1 atom stereocenters. The molecule has 0 spiro atoms. The highest BCUT2D eigenvalue weighted by atomic mass is 32.2. The van der Waals surface area contributed by atoms with Crippen molar-refractivity contribution in [3.63, 3.8) is 0 Å². The molecule has 0 bridgehead atoms. The Kier molecular flexibility index (Phi) is 6.54. The second-order valence-corrected chi connectivity index (χ2v) is 5.62. The summed E-state index contributed by atoms with van der Waals surface area (Å²) in [4.78, 5) is 16.0. The predicted molar refractivity (Wildman–Crippen MR) is 74.3 cm³/mol. The molecule has 96 valence electrons. The van der Waals surface area contributed by atoms with Crippen molar-refractivity contribution in [2.75, 3.05) is 12.0 Å². The van der Waals surface area contributed by atoms with Gasteiger partial charge in [-0.25, -0.2) is 4.98 Å². The first kappa shape index (κ1) is 14.5. The molecule has 0 aliphatic heterocycles. The lowest BCUT2D eigenvalue weighted by Gasteiger charge is -2.10. The molecule has 1 aromatic heterocycles. The Bertz CT molecular complexity index is 354. The van der Waals surface area contributed by atoms with Gasteiger partial charge in [0.05, 0.1) is 23.3 Å². The molecule has 0 unspecified atom stereocenters. The van der Waals surface area contributed by atoms with Crippen molar-refractivity contribution < 1.29 is 4.79 Å². The molecule has 0 saturated carbocycles. The van der Waals surface area contributed by atoms with E-state index in [1.807, 2.05) is 11.6 Å². The molecule has 1 aromatic rings. The van der Waals surface area contributed by atoms with Gasteiger partial charge in [0.25, 0.3) is 0 Å². The van der Waals surface area contributed by atoms with Crippen LogP contribution in [0, 0.1) is 0 Å². The Morgan fingerprint density at radius 2 is 2.47 bits per heavy atom. The fraction of sp³-hybridized carbons (Fsp3) is 0.636. The normalized spacial score (nSPS) is 12.4. The summed E-state index contributed by atoms with van der Waals surface area (Å²) in [7, 11) is 0. The highest BCUT2D eigenvalue weighted by molar-refractivity contribution is 7.98. The molecule has 17 heavy (non-hydrogen) atoms.